The maximum atomic E-state index is 15.0. The third-order valence-corrected chi connectivity index (χ3v) is 4.73. The van der Waals surface area contributed by atoms with E-state index in [2.05, 4.69) is 31.6 Å². The summed E-state index contributed by atoms with van der Waals surface area (Å²) in [6, 6.07) is 1.27. The van der Waals surface area contributed by atoms with Crippen LogP contribution in [0.25, 0.3) is 0 Å². The molecule has 1 aliphatic heterocycles. The number of amides is 1. The second kappa shape index (κ2) is 9.96. The number of hydrogen-bond donors (Lipinski definition) is 2. The number of aryl methyl sites for hydroxylation is 1. The van der Waals surface area contributed by atoms with E-state index in [4.69, 9.17) is 10.5 Å². The zero-order chi connectivity index (χ0) is 25.0. The van der Waals surface area contributed by atoms with Crippen molar-refractivity contribution in [2.45, 2.75) is 31.2 Å². The molecular formula is C20H22F5N5O3. The van der Waals surface area contributed by atoms with Gasteiger partial charge in [-0.2, -0.15) is 13.2 Å². The van der Waals surface area contributed by atoms with Crippen LogP contribution in [0.3, 0.4) is 0 Å². The maximum Gasteiger partial charge on any atom is 0.425 e. The van der Waals surface area contributed by atoms with Gasteiger partial charge in [-0.3, -0.25) is 9.79 Å². The topological polar surface area (TPSA) is 111 Å². The molecule has 0 radical (unpaired) electrons. The summed E-state index contributed by atoms with van der Waals surface area (Å²) in [6.45, 7) is 3.29. The van der Waals surface area contributed by atoms with Crippen LogP contribution in [0, 0.1) is 12.7 Å². The van der Waals surface area contributed by atoms with Crippen LogP contribution in [0.2, 0.25) is 0 Å². The molecule has 2 atom stereocenters. The zero-order valence-electron chi connectivity index (χ0n) is 18.0. The van der Waals surface area contributed by atoms with Crippen LogP contribution < -0.4 is 11.1 Å². The van der Waals surface area contributed by atoms with E-state index in [0.717, 1.165) is 12.3 Å². The minimum atomic E-state index is -4.89. The van der Waals surface area contributed by atoms with Gasteiger partial charge in [0.15, 0.2) is 6.10 Å². The van der Waals surface area contributed by atoms with Crippen molar-refractivity contribution in [3.63, 3.8) is 0 Å². The van der Waals surface area contributed by atoms with Crippen molar-refractivity contribution in [2.75, 3.05) is 26.1 Å². The number of nitrogens with zero attached hydrogens (tertiary/aromatic N) is 3. The van der Waals surface area contributed by atoms with E-state index in [1.165, 1.54) is 27.1 Å². The molecule has 1 aromatic rings. The Morgan fingerprint density at radius 1 is 1.48 bits per heavy atom. The van der Waals surface area contributed by atoms with E-state index in [1.807, 2.05) is 0 Å². The average Bonchev–Trinajstić information content (AvgIpc) is 2.75. The summed E-state index contributed by atoms with van der Waals surface area (Å²) in [7, 11) is 2.78. The van der Waals surface area contributed by atoms with E-state index >= 15 is 0 Å². The lowest BCUT2D eigenvalue weighted by Gasteiger charge is -2.37. The Hall–Kier alpha value is -3.51. The van der Waals surface area contributed by atoms with Crippen molar-refractivity contribution in [1.82, 2.24) is 0 Å². The number of nitrogens with one attached hydrogen (secondary N) is 1. The summed E-state index contributed by atoms with van der Waals surface area (Å²) in [5.41, 5.74) is 2.14. The standard InChI is InChI=1S/C20H22F5N5O3/c1-10-5-12(29-17(31)11(2)28-8-15(27-3)32-4)6-13(16(10)22)19(9-21)7-14(20(23,24)25)33-18(26)30-19/h5-6,8,14H,2,7,9H2,1,3-4H3,(H2,26,30)(H,29,31). The number of methoxy groups -OCH3 is 1. The first-order valence-corrected chi connectivity index (χ1v) is 9.37. The number of amidine groups is 1. The molecule has 1 aromatic carbocycles. The summed E-state index contributed by atoms with van der Waals surface area (Å²) >= 11 is 0. The van der Waals surface area contributed by atoms with Crippen LogP contribution in [0.5, 0.6) is 0 Å². The number of carbonyl (C=O) groups is 1. The molecule has 13 heteroatoms. The molecule has 0 aliphatic carbocycles. The normalized spacial score (nSPS) is 21.4. The number of hydrogen-bond acceptors (Lipinski definition) is 7. The lowest BCUT2D eigenvalue weighted by molar-refractivity contribution is -0.209. The molecule has 0 bridgehead atoms. The van der Waals surface area contributed by atoms with Gasteiger partial charge in [-0.1, -0.05) is 6.58 Å². The van der Waals surface area contributed by atoms with Crippen molar-refractivity contribution >= 4 is 29.7 Å². The van der Waals surface area contributed by atoms with Gasteiger partial charge in [0.05, 0.1) is 13.3 Å². The fourth-order valence-electron chi connectivity index (χ4n) is 3.06. The van der Waals surface area contributed by atoms with E-state index in [9.17, 15) is 26.7 Å². The molecular weight excluding hydrogens is 453 g/mol. The van der Waals surface area contributed by atoms with Crippen LogP contribution in [-0.2, 0) is 19.8 Å². The molecule has 0 saturated heterocycles. The van der Waals surface area contributed by atoms with Gasteiger partial charge in [-0.05, 0) is 24.6 Å². The zero-order valence-corrected chi connectivity index (χ0v) is 18.0. The van der Waals surface area contributed by atoms with Crippen LogP contribution in [-0.4, -0.2) is 57.2 Å². The fraction of sp³-hybridized carbons (Fsp3) is 0.400. The smallest absolute Gasteiger partial charge is 0.425 e. The highest BCUT2D eigenvalue weighted by molar-refractivity contribution is 6.27. The summed E-state index contributed by atoms with van der Waals surface area (Å²) in [4.78, 5) is 23.6. The third-order valence-electron chi connectivity index (χ3n) is 4.73. The Balaban J connectivity index is 2.43. The number of rotatable bonds is 6. The monoisotopic (exact) mass is 475 g/mol. The number of ether oxygens (including phenoxy) is 2. The lowest BCUT2D eigenvalue weighted by Crippen LogP contribution is -2.48. The molecule has 3 N–H and O–H groups in total. The highest BCUT2D eigenvalue weighted by Gasteiger charge is 2.52. The van der Waals surface area contributed by atoms with Crippen molar-refractivity contribution in [2.24, 2.45) is 20.7 Å². The van der Waals surface area contributed by atoms with Gasteiger partial charge in [-0.15, -0.1) is 0 Å². The summed E-state index contributed by atoms with van der Waals surface area (Å²) in [5, 5.41) is 2.39. The van der Waals surface area contributed by atoms with E-state index in [1.54, 1.807) is 0 Å². The van der Waals surface area contributed by atoms with Gasteiger partial charge in [0.25, 0.3) is 11.9 Å². The second-order valence-corrected chi connectivity index (χ2v) is 7.05. The van der Waals surface area contributed by atoms with Gasteiger partial charge in [0.2, 0.25) is 5.90 Å². The van der Waals surface area contributed by atoms with Crippen LogP contribution in [0.15, 0.2) is 39.4 Å². The third kappa shape index (κ3) is 5.84. The number of benzene rings is 1. The minimum Gasteiger partial charge on any atom is -0.480 e. The van der Waals surface area contributed by atoms with E-state index in [0.29, 0.717) is 0 Å². The van der Waals surface area contributed by atoms with Gasteiger partial charge >= 0.3 is 6.18 Å². The highest BCUT2D eigenvalue weighted by Crippen LogP contribution is 2.42. The number of anilines is 1. The van der Waals surface area contributed by atoms with Crippen molar-refractivity contribution < 1.29 is 36.2 Å². The lowest BCUT2D eigenvalue weighted by atomic mass is 9.83. The fourth-order valence-corrected chi connectivity index (χ4v) is 3.06. The Morgan fingerprint density at radius 3 is 2.70 bits per heavy atom. The first-order valence-electron chi connectivity index (χ1n) is 9.37. The molecule has 0 spiro atoms. The minimum absolute atomic E-state index is 0.0435. The van der Waals surface area contributed by atoms with E-state index in [-0.39, 0.29) is 22.8 Å². The SMILES string of the molecule is C=C(N=CC(=NC)OC)C(=O)Nc1cc(C)c(F)c(C2(CF)CC(C(F)(F)F)OC(N)=N2)c1. The molecule has 0 saturated carbocycles. The molecule has 0 aromatic heterocycles. The second-order valence-electron chi connectivity index (χ2n) is 7.05. The summed E-state index contributed by atoms with van der Waals surface area (Å²) < 4.78 is 78.2. The Labute approximate surface area is 186 Å². The number of alkyl halides is 4. The van der Waals surface area contributed by atoms with Crippen LogP contribution in [0.1, 0.15) is 17.5 Å². The molecule has 1 aliphatic rings. The van der Waals surface area contributed by atoms with Gasteiger partial charge in [0.1, 0.15) is 23.7 Å². The average molecular weight is 475 g/mol. The Kier molecular flexibility index (Phi) is 7.77. The molecule has 1 amide bonds. The molecule has 33 heavy (non-hydrogen) atoms. The maximum absolute atomic E-state index is 15.0. The quantitative estimate of drug-likeness (QED) is 0.285. The summed E-state index contributed by atoms with van der Waals surface area (Å²) in [5.74, 6) is -1.69. The predicted octanol–water partition coefficient (Wildman–Crippen LogP) is 3.16. The molecule has 8 nitrogen and oxygen atoms in total. The van der Waals surface area contributed by atoms with Crippen molar-refractivity contribution in [3.8, 4) is 0 Å². The first kappa shape index (κ1) is 25.7. The number of carbonyl (C=O) groups excluding carboxylic acids is 1. The van der Waals surface area contributed by atoms with Crippen LogP contribution in [0.4, 0.5) is 27.6 Å². The number of aliphatic imine (C=N–C) groups is 3. The predicted molar refractivity (Wildman–Crippen MR) is 113 cm³/mol. The Morgan fingerprint density at radius 2 is 2.15 bits per heavy atom. The molecule has 0 fully saturated rings. The number of nitrogens with two attached hydrogens (primary N) is 1. The van der Waals surface area contributed by atoms with E-state index < -0.39 is 54.2 Å². The van der Waals surface area contributed by atoms with Crippen molar-refractivity contribution in [1.29, 1.82) is 0 Å². The molecule has 2 rings (SSSR count). The van der Waals surface area contributed by atoms with Gasteiger partial charge in [0, 0.05) is 24.7 Å². The largest absolute Gasteiger partial charge is 0.480 e. The summed E-state index contributed by atoms with van der Waals surface area (Å²) in [6.07, 6.45) is -7.29. The first-order chi connectivity index (χ1) is 15.4. The molecule has 1 heterocycles. The van der Waals surface area contributed by atoms with Gasteiger partial charge in [-0.25, -0.2) is 18.8 Å². The van der Waals surface area contributed by atoms with Gasteiger partial charge < -0.3 is 20.5 Å². The van der Waals surface area contributed by atoms with Crippen LogP contribution >= 0.6 is 0 Å². The Bertz CT molecular complexity index is 1020. The number of halogens is 5. The molecule has 2 unspecified atom stereocenters. The van der Waals surface area contributed by atoms with Crippen molar-refractivity contribution in [3.05, 3.63) is 41.4 Å². The highest BCUT2D eigenvalue weighted by atomic mass is 19.4. The molecule has 180 valence electrons.